The molecule has 9 heteroatoms. The van der Waals surface area contributed by atoms with Gasteiger partial charge in [-0.3, -0.25) is 4.18 Å². The Balaban J connectivity index is 1.99. The Labute approximate surface area is 155 Å². The number of hydrogen-bond acceptors (Lipinski definition) is 5. The molecule has 0 aromatic heterocycles. The summed E-state index contributed by atoms with van der Waals surface area (Å²) in [7, 11) is -3.97. The van der Waals surface area contributed by atoms with Crippen LogP contribution in [0.15, 0.2) is 46.4 Å². The number of aryl methyl sites for hydroxylation is 1. The standard InChI is InChI=1S/C18H18F3NO4S/c1-3-14(11-25-27(23,24)15-6-4-12(2)5-7-15)26-22-10-16-17(20)8-13(19)9-18(16)21/h4-10,14H,3,11H2,1-2H3/b22-10+. The van der Waals surface area contributed by atoms with E-state index >= 15 is 0 Å². The second-order valence-corrected chi connectivity index (χ2v) is 7.32. The Hall–Kier alpha value is -2.39. The van der Waals surface area contributed by atoms with Crippen molar-refractivity contribution in [1.82, 2.24) is 0 Å². The van der Waals surface area contributed by atoms with Gasteiger partial charge in [0.05, 0.1) is 16.7 Å². The molecule has 1 atom stereocenters. The second kappa shape index (κ2) is 9.01. The van der Waals surface area contributed by atoms with Gasteiger partial charge in [-0.05, 0) is 25.5 Å². The number of hydrogen-bond donors (Lipinski definition) is 0. The smallest absolute Gasteiger partial charge is 0.297 e. The fourth-order valence-corrected chi connectivity index (χ4v) is 2.94. The molecule has 0 aliphatic heterocycles. The van der Waals surface area contributed by atoms with Crippen molar-refractivity contribution in [2.24, 2.45) is 5.16 Å². The van der Waals surface area contributed by atoms with Crippen LogP contribution in [0.5, 0.6) is 0 Å². The maximum absolute atomic E-state index is 13.5. The van der Waals surface area contributed by atoms with Crippen molar-refractivity contribution in [3.63, 3.8) is 0 Å². The van der Waals surface area contributed by atoms with Gasteiger partial charge < -0.3 is 4.84 Å². The molecule has 0 amide bonds. The van der Waals surface area contributed by atoms with Gasteiger partial charge in [0.2, 0.25) is 0 Å². The van der Waals surface area contributed by atoms with Gasteiger partial charge in [-0.1, -0.05) is 29.8 Å². The van der Waals surface area contributed by atoms with E-state index in [1.807, 2.05) is 6.92 Å². The fourth-order valence-electron chi connectivity index (χ4n) is 2.01. The lowest BCUT2D eigenvalue weighted by Gasteiger charge is -2.13. The van der Waals surface area contributed by atoms with E-state index in [1.54, 1.807) is 19.1 Å². The van der Waals surface area contributed by atoms with E-state index in [0.29, 0.717) is 18.6 Å². The molecule has 0 radical (unpaired) electrons. The molecule has 1 unspecified atom stereocenters. The van der Waals surface area contributed by atoms with E-state index in [4.69, 9.17) is 9.02 Å². The van der Waals surface area contributed by atoms with Gasteiger partial charge in [-0.2, -0.15) is 8.42 Å². The molecule has 2 aromatic rings. The molecule has 0 heterocycles. The molecule has 0 N–H and O–H groups in total. The van der Waals surface area contributed by atoms with Crippen molar-refractivity contribution in [3.8, 4) is 0 Å². The molecule has 146 valence electrons. The molecule has 0 spiro atoms. The highest BCUT2D eigenvalue weighted by atomic mass is 32.2. The molecule has 0 fully saturated rings. The van der Waals surface area contributed by atoms with Crippen LogP contribution in [0.2, 0.25) is 0 Å². The van der Waals surface area contributed by atoms with Crippen molar-refractivity contribution in [2.75, 3.05) is 6.61 Å². The summed E-state index contributed by atoms with van der Waals surface area (Å²) in [6, 6.07) is 7.15. The molecule has 5 nitrogen and oxygen atoms in total. The normalized spacial score (nSPS) is 13.1. The van der Waals surface area contributed by atoms with E-state index in [9.17, 15) is 21.6 Å². The summed E-state index contributed by atoms with van der Waals surface area (Å²) >= 11 is 0. The first-order valence-corrected chi connectivity index (χ1v) is 9.43. The van der Waals surface area contributed by atoms with Gasteiger partial charge in [0, 0.05) is 12.1 Å². The van der Waals surface area contributed by atoms with Gasteiger partial charge >= 0.3 is 0 Å². The fraction of sp³-hybridized carbons (Fsp3) is 0.278. The zero-order valence-electron chi connectivity index (χ0n) is 14.7. The van der Waals surface area contributed by atoms with E-state index in [1.165, 1.54) is 12.1 Å². The topological polar surface area (TPSA) is 65.0 Å². The van der Waals surface area contributed by atoms with Gasteiger partial charge in [0.25, 0.3) is 10.1 Å². The third kappa shape index (κ3) is 5.80. The lowest BCUT2D eigenvalue weighted by Crippen LogP contribution is -2.20. The van der Waals surface area contributed by atoms with Crippen molar-refractivity contribution in [2.45, 2.75) is 31.3 Å². The Morgan fingerprint density at radius 2 is 1.70 bits per heavy atom. The quantitative estimate of drug-likeness (QED) is 0.382. The number of benzene rings is 2. The molecule has 0 aliphatic rings. The van der Waals surface area contributed by atoms with Crippen LogP contribution in [0.3, 0.4) is 0 Å². The van der Waals surface area contributed by atoms with Crippen LogP contribution in [0.25, 0.3) is 0 Å². The van der Waals surface area contributed by atoms with Crippen molar-refractivity contribution >= 4 is 16.3 Å². The molecule has 0 saturated heterocycles. The predicted molar refractivity (Wildman–Crippen MR) is 93.4 cm³/mol. The summed E-state index contributed by atoms with van der Waals surface area (Å²) in [5.74, 6) is -3.32. The molecule has 2 aromatic carbocycles. The van der Waals surface area contributed by atoms with Crippen LogP contribution >= 0.6 is 0 Å². The minimum absolute atomic E-state index is 0.00177. The lowest BCUT2D eigenvalue weighted by molar-refractivity contribution is 0.0246. The van der Waals surface area contributed by atoms with Crippen LogP contribution in [0.4, 0.5) is 13.2 Å². The molecule has 0 saturated carbocycles. The molecule has 27 heavy (non-hydrogen) atoms. The summed E-state index contributed by atoms with van der Waals surface area (Å²) in [6.07, 6.45) is 0.309. The summed E-state index contributed by atoms with van der Waals surface area (Å²) in [6.45, 7) is 3.18. The minimum Gasteiger partial charge on any atom is -0.390 e. The summed E-state index contributed by atoms with van der Waals surface area (Å²) in [5, 5.41) is 3.45. The summed E-state index contributed by atoms with van der Waals surface area (Å²) in [4.78, 5) is 5.04. The number of oxime groups is 1. The SMILES string of the molecule is CCC(COS(=O)(=O)c1ccc(C)cc1)O/N=C/c1c(F)cc(F)cc1F. The number of nitrogens with zero attached hydrogens (tertiary/aromatic N) is 1. The van der Waals surface area contributed by atoms with Gasteiger partial charge in [0.15, 0.2) is 6.10 Å². The number of rotatable bonds is 8. The minimum atomic E-state index is -3.97. The second-order valence-electron chi connectivity index (χ2n) is 5.70. The third-order valence-corrected chi connectivity index (χ3v) is 4.91. The zero-order chi connectivity index (χ0) is 20.0. The molecule has 0 bridgehead atoms. The summed E-state index contributed by atoms with van der Waals surface area (Å²) < 4.78 is 69.1. The van der Waals surface area contributed by atoms with Crippen LogP contribution < -0.4 is 0 Å². The number of halogens is 3. The largest absolute Gasteiger partial charge is 0.390 e. The Morgan fingerprint density at radius 1 is 1.11 bits per heavy atom. The lowest BCUT2D eigenvalue weighted by atomic mass is 10.2. The van der Waals surface area contributed by atoms with Crippen molar-refractivity contribution in [3.05, 3.63) is 65.0 Å². The Kier molecular flexibility index (Phi) is 6.98. The van der Waals surface area contributed by atoms with E-state index in [2.05, 4.69) is 5.16 Å². The molecular formula is C18H18F3NO4S. The van der Waals surface area contributed by atoms with E-state index in [-0.39, 0.29) is 11.5 Å². The van der Waals surface area contributed by atoms with Crippen LogP contribution in [-0.2, 0) is 19.1 Å². The third-order valence-electron chi connectivity index (χ3n) is 3.61. The maximum atomic E-state index is 13.5. The van der Waals surface area contributed by atoms with Gasteiger partial charge in [0.1, 0.15) is 24.1 Å². The van der Waals surface area contributed by atoms with E-state index in [0.717, 1.165) is 11.8 Å². The average molecular weight is 401 g/mol. The summed E-state index contributed by atoms with van der Waals surface area (Å²) in [5.41, 5.74) is 0.331. The Bertz CT molecular complexity index is 892. The van der Waals surface area contributed by atoms with Crippen molar-refractivity contribution < 1.29 is 30.6 Å². The first-order chi connectivity index (χ1) is 12.7. The van der Waals surface area contributed by atoms with Gasteiger partial charge in [-0.15, -0.1) is 0 Å². The highest BCUT2D eigenvalue weighted by molar-refractivity contribution is 7.86. The maximum Gasteiger partial charge on any atom is 0.297 e. The van der Waals surface area contributed by atoms with Crippen molar-refractivity contribution in [1.29, 1.82) is 0 Å². The molecule has 2 rings (SSSR count). The average Bonchev–Trinajstić information content (AvgIpc) is 2.60. The van der Waals surface area contributed by atoms with Crippen LogP contribution in [0.1, 0.15) is 24.5 Å². The zero-order valence-corrected chi connectivity index (χ0v) is 15.5. The highest BCUT2D eigenvalue weighted by Crippen LogP contribution is 2.15. The Morgan fingerprint density at radius 3 is 2.26 bits per heavy atom. The predicted octanol–water partition coefficient (Wildman–Crippen LogP) is 3.95. The monoisotopic (exact) mass is 401 g/mol. The highest BCUT2D eigenvalue weighted by Gasteiger charge is 2.18. The van der Waals surface area contributed by atoms with Crippen LogP contribution in [-0.4, -0.2) is 27.3 Å². The van der Waals surface area contributed by atoms with E-state index < -0.39 is 39.2 Å². The van der Waals surface area contributed by atoms with Crippen LogP contribution in [0, 0.1) is 24.4 Å². The first-order valence-electron chi connectivity index (χ1n) is 8.02. The molecular weight excluding hydrogens is 383 g/mol. The first kappa shape index (κ1) is 20.9. The van der Waals surface area contributed by atoms with Gasteiger partial charge in [-0.25, -0.2) is 13.2 Å². The molecule has 0 aliphatic carbocycles.